The lowest BCUT2D eigenvalue weighted by Crippen LogP contribution is -1.81. The molecular weight excluding hydrogens is 220 g/mol. The summed E-state index contributed by atoms with van der Waals surface area (Å²) in [5.74, 6) is 0. The average Bonchev–Trinajstić information content (AvgIpc) is 2.73. The van der Waals surface area contributed by atoms with Crippen molar-refractivity contribution in [3.63, 3.8) is 0 Å². The highest BCUT2D eigenvalue weighted by atomic mass is 14.8. The largest absolute Gasteiger partial charge is 0.353 e. The molecule has 2 aromatic carbocycles. The van der Waals surface area contributed by atoms with Gasteiger partial charge in [0, 0.05) is 16.3 Å². The van der Waals surface area contributed by atoms with Crippen LogP contribution in [0.25, 0.3) is 32.8 Å². The van der Waals surface area contributed by atoms with Crippen LogP contribution in [0.1, 0.15) is 5.56 Å². The molecule has 0 atom stereocenters. The highest BCUT2D eigenvalue weighted by Crippen LogP contribution is 2.26. The number of pyridine rings is 1. The summed E-state index contributed by atoms with van der Waals surface area (Å²) in [6, 6.07) is 16.9. The van der Waals surface area contributed by atoms with Gasteiger partial charge in [0.1, 0.15) is 0 Å². The van der Waals surface area contributed by atoms with Crippen LogP contribution in [0.5, 0.6) is 0 Å². The van der Waals surface area contributed by atoms with Gasteiger partial charge in [0.15, 0.2) is 0 Å². The number of aryl methyl sites for hydroxylation is 1. The van der Waals surface area contributed by atoms with Gasteiger partial charge in [-0.05, 0) is 31.2 Å². The molecule has 1 N–H and O–H groups in total. The van der Waals surface area contributed by atoms with Gasteiger partial charge >= 0.3 is 0 Å². The number of benzene rings is 2. The first-order valence-corrected chi connectivity index (χ1v) is 6.09. The van der Waals surface area contributed by atoms with Crippen LogP contribution in [0.2, 0.25) is 0 Å². The number of fused-ring (bicyclic) bond motifs is 4. The maximum Gasteiger partial charge on any atom is 0.0965 e. The normalized spacial score (nSPS) is 11.6. The van der Waals surface area contributed by atoms with E-state index in [1.165, 1.54) is 16.3 Å². The minimum atomic E-state index is 1.05. The summed E-state index contributed by atoms with van der Waals surface area (Å²) in [6.07, 6.45) is 0. The number of rotatable bonds is 0. The first-order chi connectivity index (χ1) is 8.81. The molecule has 2 nitrogen and oxygen atoms in total. The van der Waals surface area contributed by atoms with Crippen molar-refractivity contribution in [3.8, 4) is 0 Å². The quantitative estimate of drug-likeness (QED) is 0.484. The zero-order valence-corrected chi connectivity index (χ0v) is 10.1. The Labute approximate surface area is 104 Å². The van der Waals surface area contributed by atoms with Crippen molar-refractivity contribution in [2.45, 2.75) is 6.92 Å². The topological polar surface area (TPSA) is 28.7 Å². The third-order valence-corrected chi connectivity index (χ3v) is 3.42. The number of para-hydroxylation sites is 1. The van der Waals surface area contributed by atoms with Crippen molar-refractivity contribution < 1.29 is 0 Å². The van der Waals surface area contributed by atoms with Gasteiger partial charge < -0.3 is 4.98 Å². The Morgan fingerprint density at radius 1 is 0.944 bits per heavy atom. The molecule has 0 saturated heterocycles. The molecule has 2 heterocycles. The van der Waals surface area contributed by atoms with Gasteiger partial charge in [0.25, 0.3) is 0 Å². The molecule has 4 rings (SSSR count). The van der Waals surface area contributed by atoms with Crippen LogP contribution in [0.15, 0.2) is 48.5 Å². The summed E-state index contributed by atoms with van der Waals surface area (Å²) in [5.41, 5.74) is 5.63. The molecule has 2 aromatic heterocycles. The Kier molecular flexibility index (Phi) is 1.78. The van der Waals surface area contributed by atoms with E-state index in [0.29, 0.717) is 0 Å². The van der Waals surface area contributed by atoms with E-state index < -0.39 is 0 Å². The zero-order chi connectivity index (χ0) is 12.1. The Bertz CT molecular complexity index is 887. The van der Waals surface area contributed by atoms with Crippen molar-refractivity contribution >= 4 is 32.8 Å². The molecule has 0 spiro atoms. The summed E-state index contributed by atoms with van der Waals surface area (Å²) in [4.78, 5) is 8.20. The molecule has 0 saturated carbocycles. The number of nitrogens with one attached hydrogen (secondary N) is 1. The molecule has 0 radical (unpaired) electrons. The summed E-state index contributed by atoms with van der Waals surface area (Å²) in [6.45, 7) is 2.11. The van der Waals surface area contributed by atoms with Gasteiger partial charge in [-0.1, -0.05) is 29.8 Å². The van der Waals surface area contributed by atoms with Crippen molar-refractivity contribution in [1.29, 1.82) is 0 Å². The highest BCUT2D eigenvalue weighted by molar-refractivity contribution is 6.08. The second-order valence-electron chi connectivity index (χ2n) is 4.75. The van der Waals surface area contributed by atoms with E-state index in [2.05, 4.69) is 54.4 Å². The Morgan fingerprint density at radius 2 is 1.83 bits per heavy atom. The number of nitrogens with zero attached hydrogens (tertiary/aromatic N) is 1. The average molecular weight is 232 g/mol. The van der Waals surface area contributed by atoms with Gasteiger partial charge in [-0.25, -0.2) is 4.98 Å². The molecule has 0 aliphatic heterocycles. The van der Waals surface area contributed by atoms with Crippen LogP contribution in [0.4, 0.5) is 0 Å². The predicted molar refractivity (Wildman–Crippen MR) is 75.8 cm³/mol. The molecule has 18 heavy (non-hydrogen) atoms. The lowest BCUT2D eigenvalue weighted by Gasteiger charge is -1.99. The monoisotopic (exact) mass is 232 g/mol. The Morgan fingerprint density at radius 3 is 2.78 bits per heavy atom. The van der Waals surface area contributed by atoms with E-state index in [-0.39, 0.29) is 0 Å². The second-order valence-corrected chi connectivity index (χ2v) is 4.75. The molecule has 0 amide bonds. The summed E-state index contributed by atoms with van der Waals surface area (Å²) in [7, 11) is 0. The molecule has 0 bridgehead atoms. The summed E-state index contributed by atoms with van der Waals surface area (Å²) in [5, 5.41) is 2.38. The van der Waals surface area contributed by atoms with Crippen LogP contribution in [-0.4, -0.2) is 9.97 Å². The van der Waals surface area contributed by atoms with Crippen LogP contribution in [0, 0.1) is 6.92 Å². The number of aromatic amines is 1. The second kappa shape index (κ2) is 3.33. The van der Waals surface area contributed by atoms with Crippen LogP contribution in [-0.2, 0) is 0 Å². The molecule has 0 fully saturated rings. The van der Waals surface area contributed by atoms with Crippen molar-refractivity contribution in [1.82, 2.24) is 9.97 Å². The predicted octanol–water partition coefficient (Wildman–Crippen LogP) is 4.18. The summed E-state index contributed by atoms with van der Waals surface area (Å²) >= 11 is 0. The highest BCUT2D eigenvalue weighted by Gasteiger charge is 2.06. The van der Waals surface area contributed by atoms with Crippen LogP contribution in [0.3, 0.4) is 0 Å². The van der Waals surface area contributed by atoms with E-state index in [9.17, 15) is 0 Å². The number of hydrogen-bond donors (Lipinski definition) is 1. The van der Waals surface area contributed by atoms with E-state index in [4.69, 9.17) is 4.98 Å². The van der Waals surface area contributed by atoms with E-state index in [1.807, 2.05) is 6.07 Å². The maximum absolute atomic E-state index is 4.78. The third-order valence-electron chi connectivity index (χ3n) is 3.42. The SMILES string of the molecule is Cc1ccc2nc3c(cc2c1)[nH]c1ccccc13. The van der Waals surface area contributed by atoms with Gasteiger partial charge in [0.2, 0.25) is 0 Å². The van der Waals surface area contributed by atoms with Gasteiger partial charge in [-0.2, -0.15) is 0 Å². The third kappa shape index (κ3) is 1.26. The standard InChI is InChI=1S/C16H12N2/c1-10-6-7-13-11(8-10)9-15-16(18-13)12-4-2-3-5-14(12)17-15/h2-9,17H,1H3. The minimum Gasteiger partial charge on any atom is -0.353 e. The van der Waals surface area contributed by atoms with Gasteiger partial charge in [0.05, 0.1) is 16.6 Å². The first kappa shape index (κ1) is 9.66. The molecular formula is C16H12N2. The fourth-order valence-electron chi connectivity index (χ4n) is 2.54. The Hall–Kier alpha value is -2.35. The number of aromatic nitrogens is 2. The molecule has 0 aliphatic carbocycles. The summed E-state index contributed by atoms with van der Waals surface area (Å²) < 4.78 is 0. The molecule has 86 valence electrons. The lowest BCUT2D eigenvalue weighted by atomic mass is 10.1. The smallest absolute Gasteiger partial charge is 0.0965 e. The van der Waals surface area contributed by atoms with E-state index in [1.54, 1.807) is 0 Å². The fourth-order valence-corrected chi connectivity index (χ4v) is 2.54. The van der Waals surface area contributed by atoms with Gasteiger partial charge in [-0.3, -0.25) is 0 Å². The maximum atomic E-state index is 4.78. The van der Waals surface area contributed by atoms with Crippen molar-refractivity contribution in [3.05, 3.63) is 54.1 Å². The molecule has 4 aromatic rings. The van der Waals surface area contributed by atoms with Crippen molar-refractivity contribution in [2.75, 3.05) is 0 Å². The molecule has 2 heteroatoms. The fraction of sp³-hybridized carbons (Fsp3) is 0.0625. The van der Waals surface area contributed by atoms with E-state index >= 15 is 0 Å². The number of hydrogen-bond acceptors (Lipinski definition) is 1. The zero-order valence-electron chi connectivity index (χ0n) is 10.1. The molecule has 0 aliphatic rings. The van der Waals surface area contributed by atoms with Crippen LogP contribution < -0.4 is 0 Å². The van der Waals surface area contributed by atoms with Crippen LogP contribution >= 0.6 is 0 Å². The first-order valence-electron chi connectivity index (χ1n) is 6.09. The Balaban J connectivity index is 2.23. The minimum absolute atomic E-state index is 1.05. The van der Waals surface area contributed by atoms with Crippen molar-refractivity contribution in [2.24, 2.45) is 0 Å². The lowest BCUT2D eigenvalue weighted by molar-refractivity contribution is 1.45. The number of H-pyrrole nitrogens is 1. The van der Waals surface area contributed by atoms with Gasteiger partial charge in [-0.15, -0.1) is 0 Å². The molecule has 0 unspecified atom stereocenters. The van der Waals surface area contributed by atoms with E-state index in [0.717, 1.165) is 22.1 Å².